The molecular formula is C20H19F2N3O2S. The summed E-state index contributed by atoms with van der Waals surface area (Å²) in [4.78, 5) is 11.7. The molecule has 2 heterocycles. The first-order chi connectivity index (χ1) is 13.5. The van der Waals surface area contributed by atoms with Crippen LogP contribution >= 0.6 is 11.8 Å². The molecule has 146 valence electrons. The van der Waals surface area contributed by atoms with Crippen molar-refractivity contribution in [3.05, 3.63) is 65.2 Å². The summed E-state index contributed by atoms with van der Waals surface area (Å²) in [5.41, 5.74) is 6.63. The minimum atomic E-state index is -0.922. The number of carbonyl (C=O) groups is 1. The quantitative estimate of drug-likeness (QED) is 0.853. The lowest BCUT2D eigenvalue weighted by Gasteiger charge is -2.45. The van der Waals surface area contributed by atoms with Crippen LogP contribution in [0, 0.1) is 17.6 Å². The Balaban J connectivity index is 1.89. The van der Waals surface area contributed by atoms with Crippen molar-refractivity contribution in [2.45, 2.75) is 18.2 Å². The summed E-state index contributed by atoms with van der Waals surface area (Å²) in [5, 5.41) is 6.06. The number of carbonyl (C=O) groups excluding carboxylic acids is 1. The van der Waals surface area contributed by atoms with E-state index in [1.165, 1.54) is 23.7 Å². The highest BCUT2D eigenvalue weighted by atomic mass is 32.2. The van der Waals surface area contributed by atoms with Gasteiger partial charge in [0.1, 0.15) is 22.4 Å². The topological polar surface area (TPSA) is 67.9 Å². The van der Waals surface area contributed by atoms with E-state index < -0.39 is 16.5 Å². The van der Waals surface area contributed by atoms with E-state index in [-0.39, 0.29) is 22.4 Å². The van der Waals surface area contributed by atoms with E-state index in [2.05, 4.69) is 5.10 Å². The van der Waals surface area contributed by atoms with Crippen molar-refractivity contribution in [3.63, 3.8) is 0 Å². The van der Waals surface area contributed by atoms with Crippen LogP contribution in [-0.4, -0.2) is 29.1 Å². The average Bonchev–Trinajstić information content (AvgIpc) is 3.08. The summed E-state index contributed by atoms with van der Waals surface area (Å²) in [6.07, 6.45) is 0.583. The molecular weight excluding hydrogens is 384 g/mol. The van der Waals surface area contributed by atoms with Crippen LogP contribution < -0.4 is 10.5 Å². The van der Waals surface area contributed by atoms with E-state index in [1.807, 2.05) is 24.3 Å². The SMILES string of the molecule is CC(=O)N1N=C(c2cc(F)ccc2F)S[C@]12c1ccccc1OC[C@@H]2CCN. The zero-order valence-corrected chi connectivity index (χ0v) is 16.0. The van der Waals surface area contributed by atoms with Gasteiger partial charge >= 0.3 is 0 Å². The number of halogens is 2. The largest absolute Gasteiger partial charge is 0.493 e. The van der Waals surface area contributed by atoms with Crippen LogP contribution in [-0.2, 0) is 9.67 Å². The molecule has 1 spiro atoms. The molecule has 2 aromatic rings. The van der Waals surface area contributed by atoms with Gasteiger partial charge < -0.3 is 10.5 Å². The molecule has 0 unspecified atom stereocenters. The molecule has 2 N–H and O–H groups in total. The number of hydrogen-bond acceptors (Lipinski definition) is 5. The van der Waals surface area contributed by atoms with Crippen LogP contribution in [0.15, 0.2) is 47.6 Å². The second-order valence-electron chi connectivity index (χ2n) is 6.74. The molecule has 28 heavy (non-hydrogen) atoms. The summed E-state index contributed by atoms with van der Waals surface area (Å²) < 4.78 is 34.1. The summed E-state index contributed by atoms with van der Waals surface area (Å²) in [6, 6.07) is 10.6. The van der Waals surface area contributed by atoms with Gasteiger partial charge in [0, 0.05) is 24.0 Å². The van der Waals surface area contributed by atoms with E-state index >= 15 is 0 Å². The minimum absolute atomic E-state index is 0.0311. The van der Waals surface area contributed by atoms with Gasteiger partial charge in [-0.1, -0.05) is 30.0 Å². The van der Waals surface area contributed by atoms with Gasteiger partial charge in [0.15, 0.2) is 4.87 Å². The smallest absolute Gasteiger partial charge is 0.241 e. The second kappa shape index (κ2) is 7.18. The molecule has 2 aromatic carbocycles. The molecule has 0 bridgehead atoms. The van der Waals surface area contributed by atoms with Crippen LogP contribution in [0.4, 0.5) is 8.78 Å². The van der Waals surface area contributed by atoms with E-state index in [4.69, 9.17) is 10.5 Å². The first kappa shape index (κ1) is 18.9. The lowest BCUT2D eigenvalue weighted by atomic mass is 9.86. The zero-order valence-electron chi connectivity index (χ0n) is 15.2. The van der Waals surface area contributed by atoms with Gasteiger partial charge in [-0.2, -0.15) is 5.10 Å². The number of amides is 1. The fraction of sp³-hybridized carbons (Fsp3) is 0.300. The highest BCUT2D eigenvalue weighted by molar-refractivity contribution is 8.15. The number of hydrazone groups is 1. The molecule has 4 rings (SSSR count). The number of para-hydroxylation sites is 1. The van der Waals surface area contributed by atoms with Crippen molar-refractivity contribution >= 4 is 22.7 Å². The Morgan fingerprint density at radius 1 is 1.36 bits per heavy atom. The third-order valence-electron chi connectivity index (χ3n) is 5.00. The maximum Gasteiger partial charge on any atom is 0.241 e. The molecule has 2 atom stereocenters. The summed E-state index contributed by atoms with van der Waals surface area (Å²) in [7, 11) is 0. The summed E-state index contributed by atoms with van der Waals surface area (Å²) >= 11 is 1.25. The summed E-state index contributed by atoms with van der Waals surface area (Å²) in [6.45, 7) is 2.15. The third kappa shape index (κ3) is 2.87. The van der Waals surface area contributed by atoms with Gasteiger partial charge in [-0.15, -0.1) is 0 Å². The van der Waals surface area contributed by atoms with Gasteiger partial charge in [-0.3, -0.25) is 4.79 Å². The van der Waals surface area contributed by atoms with Gasteiger partial charge in [-0.25, -0.2) is 13.8 Å². The van der Waals surface area contributed by atoms with Crippen molar-refractivity contribution in [3.8, 4) is 5.75 Å². The van der Waals surface area contributed by atoms with Crippen LogP contribution in [0.25, 0.3) is 0 Å². The molecule has 2 aliphatic rings. The van der Waals surface area contributed by atoms with Crippen molar-refractivity contribution < 1.29 is 18.3 Å². The molecule has 0 saturated carbocycles. The van der Waals surface area contributed by atoms with Crippen molar-refractivity contribution in [1.82, 2.24) is 5.01 Å². The molecule has 8 heteroatoms. The molecule has 2 aliphatic heterocycles. The van der Waals surface area contributed by atoms with Crippen LogP contribution in [0.2, 0.25) is 0 Å². The van der Waals surface area contributed by atoms with Crippen LogP contribution in [0.3, 0.4) is 0 Å². The predicted octanol–water partition coefficient (Wildman–Crippen LogP) is 3.43. The van der Waals surface area contributed by atoms with Gasteiger partial charge in [0.05, 0.1) is 6.61 Å². The van der Waals surface area contributed by atoms with Crippen molar-refractivity contribution in [2.75, 3.05) is 13.2 Å². The predicted molar refractivity (Wildman–Crippen MR) is 104 cm³/mol. The molecule has 5 nitrogen and oxygen atoms in total. The molecule has 0 radical (unpaired) electrons. The fourth-order valence-electron chi connectivity index (χ4n) is 3.77. The van der Waals surface area contributed by atoms with Crippen molar-refractivity contribution in [2.24, 2.45) is 16.8 Å². The van der Waals surface area contributed by atoms with E-state index in [1.54, 1.807) is 0 Å². The Hall–Kier alpha value is -2.45. The Kier molecular flexibility index (Phi) is 4.84. The van der Waals surface area contributed by atoms with Crippen molar-refractivity contribution in [1.29, 1.82) is 0 Å². The highest BCUT2D eigenvalue weighted by Gasteiger charge is 2.56. The molecule has 0 fully saturated rings. The number of hydrogen-bond donors (Lipinski definition) is 1. The first-order valence-electron chi connectivity index (χ1n) is 8.93. The number of fused-ring (bicyclic) bond motifs is 2. The number of nitrogens with two attached hydrogens (primary N) is 1. The maximum absolute atomic E-state index is 14.4. The Morgan fingerprint density at radius 2 is 2.14 bits per heavy atom. The number of rotatable bonds is 3. The first-order valence-corrected chi connectivity index (χ1v) is 9.75. The van der Waals surface area contributed by atoms with Gasteiger partial charge in [0.2, 0.25) is 5.91 Å². The van der Waals surface area contributed by atoms with Crippen LogP contribution in [0.5, 0.6) is 5.75 Å². The maximum atomic E-state index is 14.4. The number of benzene rings is 2. The standard InChI is InChI=1S/C20H19F2N3O2S/c1-12(26)25-20(28-19(24-25)15-10-14(21)6-7-17(15)22)13(8-9-23)11-27-18-5-3-2-4-16(18)20/h2-7,10,13H,8-9,11,23H2,1H3/t13-,20+/m0/s1. The number of ether oxygens (including phenoxy) is 1. The molecule has 0 saturated heterocycles. The third-order valence-corrected chi connectivity index (χ3v) is 6.53. The fourth-order valence-corrected chi connectivity index (χ4v) is 5.34. The average molecular weight is 403 g/mol. The lowest BCUT2D eigenvalue weighted by Crippen LogP contribution is -2.51. The Labute approximate surface area is 165 Å². The molecule has 1 amide bonds. The second-order valence-corrected chi connectivity index (χ2v) is 7.95. The molecule has 0 aromatic heterocycles. The van der Waals surface area contributed by atoms with Crippen LogP contribution in [0.1, 0.15) is 24.5 Å². The highest BCUT2D eigenvalue weighted by Crippen LogP contribution is 2.57. The van der Waals surface area contributed by atoms with Gasteiger partial charge in [-0.05, 0) is 37.2 Å². The normalized spacial score (nSPS) is 23.4. The van der Waals surface area contributed by atoms with E-state index in [0.717, 1.165) is 23.8 Å². The van der Waals surface area contributed by atoms with Gasteiger partial charge in [0.25, 0.3) is 0 Å². The minimum Gasteiger partial charge on any atom is -0.493 e. The van der Waals surface area contributed by atoms with E-state index in [0.29, 0.717) is 25.3 Å². The zero-order chi connectivity index (χ0) is 19.9. The van der Waals surface area contributed by atoms with E-state index in [9.17, 15) is 13.6 Å². The Bertz CT molecular complexity index is 968. The molecule has 0 aliphatic carbocycles. The Morgan fingerprint density at radius 3 is 2.89 bits per heavy atom. The number of nitrogens with zero attached hydrogens (tertiary/aromatic N) is 2. The summed E-state index contributed by atoms with van der Waals surface area (Å²) in [5.74, 6) is -0.979. The number of thioether (sulfide) groups is 1. The lowest BCUT2D eigenvalue weighted by molar-refractivity contribution is -0.134. The monoisotopic (exact) mass is 403 g/mol.